The molecule has 2 rings (SSSR count). The van der Waals surface area contributed by atoms with Crippen LogP contribution in [0.25, 0.3) is 0 Å². The molecule has 1 aliphatic heterocycles. The minimum atomic E-state index is -0.385. The monoisotopic (exact) mass is 268 g/mol. The molecule has 1 aromatic rings. The molecule has 0 aliphatic carbocycles. The summed E-state index contributed by atoms with van der Waals surface area (Å²) in [6.07, 6.45) is 2.08. The molecule has 1 atom stereocenters. The molecule has 0 saturated carbocycles. The predicted molar refractivity (Wildman–Crippen MR) is 68.5 cm³/mol. The molecule has 0 bridgehead atoms. The molecule has 0 N–H and O–H groups in total. The van der Waals surface area contributed by atoms with Crippen molar-refractivity contribution < 1.29 is 13.9 Å². The standard InChI is InChI=1S/C14H14ClFO2/c15-7-1-3-11-5-6-13(16)14(9-11)18-10-12-4-2-8-17-12/h5-6,9,12H,2,4,7-8,10H2. The first-order chi connectivity index (χ1) is 8.79. The highest BCUT2D eigenvalue weighted by molar-refractivity contribution is 6.19. The SMILES string of the molecule is Fc1ccc(C#CCCl)cc1OCC1CCCO1. The fourth-order valence-corrected chi connectivity index (χ4v) is 1.85. The predicted octanol–water partition coefficient (Wildman–Crippen LogP) is 2.97. The summed E-state index contributed by atoms with van der Waals surface area (Å²) in [5.41, 5.74) is 0.694. The third-order valence-corrected chi connectivity index (χ3v) is 2.81. The fraction of sp³-hybridized carbons (Fsp3) is 0.429. The number of benzene rings is 1. The van der Waals surface area contributed by atoms with Crippen LogP contribution < -0.4 is 4.74 Å². The fourth-order valence-electron chi connectivity index (χ4n) is 1.79. The van der Waals surface area contributed by atoms with Gasteiger partial charge in [0.05, 0.1) is 12.0 Å². The molecular weight excluding hydrogens is 255 g/mol. The van der Waals surface area contributed by atoms with Crippen molar-refractivity contribution in [2.75, 3.05) is 19.1 Å². The van der Waals surface area contributed by atoms with Gasteiger partial charge in [0, 0.05) is 12.2 Å². The van der Waals surface area contributed by atoms with Crippen molar-refractivity contribution in [3.8, 4) is 17.6 Å². The summed E-state index contributed by atoms with van der Waals surface area (Å²) >= 11 is 5.47. The molecule has 4 heteroatoms. The summed E-state index contributed by atoms with van der Waals surface area (Å²) in [5, 5.41) is 0. The van der Waals surface area contributed by atoms with Gasteiger partial charge >= 0.3 is 0 Å². The highest BCUT2D eigenvalue weighted by Crippen LogP contribution is 2.20. The van der Waals surface area contributed by atoms with Gasteiger partial charge in [-0.3, -0.25) is 0 Å². The molecule has 1 aromatic carbocycles. The number of halogens is 2. The van der Waals surface area contributed by atoms with Crippen LogP contribution in [0.3, 0.4) is 0 Å². The molecule has 1 saturated heterocycles. The quantitative estimate of drug-likeness (QED) is 0.620. The van der Waals surface area contributed by atoms with Crippen molar-refractivity contribution >= 4 is 11.6 Å². The van der Waals surface area contributed by atoms with E-state index >= 15 is 0 Å². The van der Waals surface area contributed by atoms with Gasteiger partial charge in [-0.15, -0.1) is 11.6 Å². The van der Waals surface area contributed by atoms with Crippen LogP contribution in [0.4, 0.5) is 4.39 Å². The molecule has 1 aliphatic rings. The molecule has 0 aromatic heterocycles. The highest BCUT2D eigenvalue weighted by atomic mass is 35.5. The summed E-state index contributed by atoms with van der Waals surface area (Å²) in [5.74, 6) is 5.63. The summed E-state index contributed by atoms with van der Waals surface area (Å²) in [6.45, 7) is 1.14. The maximum atomic E-state index is 13.5. The second-order valence-corrected chi connectivity index (χ2v) is 4.29. The Hall–Kier alpha value is -1.24. The number of ether oxygens (including phenoxy) is 2. The highest BCUT2D eigenvalue weighted by Gasteiger charge is 2.16. The molecule has 0 amide bonds. The van der Waals surface area contributed by atoms with E-state index in [1.165, 1.54) is 6.07 Å². The average Bonchev–Trinajstić information content (AvgIpc) is 2.89. The third-order valence-electron chi connectivity index (χ3n) is 2.68. The van der Waals surface area contributed by atoms with Gasteiger partial charge in [0.15, 0.2) is 11.6 Å². The lowest BCUT2D eigenvalue weighted by Crippen LogP contribution is -2.16. The van der Waals surface area contributed by atoms with E-state index in [-0.39, 0.29) is 23.6 Å². The molecule has 96 valence electrons. The second-order valence-electron chi connectivity index (χ2n) is 4.03. The Labute approximate surface area is 111 Å². The Morgan fingerprint density at radius 2 is 2.39 bits per heavy atom. The third kappa shape index (κ3) is 3.63. The van der Waals surface area contributed by atoms with E-state index in [2.05, 4.69) is 11.8 Å². The van der Waals surface area contributed by atoms with E-state index in [0.717, 1.165) is 19.4 Å². The number of rotatable bonds is 3. The van der Waals surface area contributed by atoms with Crippen molar-refractivity contribution in [2.45, 2.75) is 18.9 Å². The summed E-state index contributed by atoms with van der Waals surface area (Å²) in [4.78, 5) is 0. The van der Waals surface area contributed by atoms with Crippen LogP contribution in [0.2, 0.25) is 0 Å². The smallest absolute Gasteiger partial charge is 0.165 e. The molecular formula is C14H14ClFO2. The zero-order valence-electron chi connectivity index (χ0n) is 9.92. The lowest BCUT2D eigenvalue weighted by molar-refractivity contribution is 0.0665. The van der Waals surface area contributed by atoms with Crippen molar-refractivity contribution in [3.63, 3.8) is 0 Å². The molecule has 1 fully saturated rings. The van der Waals surface area contributed by atoms with Gasteiger partial charge in [-0.1, -0.05) is 11.8 Å². The van der Waals surface area contributed by atoms with E-state index in [1.807, 2.05) is 0 Å². The maximum absolute atomic E-state index is 13.5. The normalized spacial score (nSPS) is 18.2. The minimum absolute atomic E-state index is 0.0713. The molecule has 0 radical (unpaired) electrons. The van der Waals surface area contributed by atoms with Gasteiger partial charge in [0.1, 0.15) is 6.61 Å². The Morgan fingerprint density at radius 1 is 1.50 bits per heavy atom. The van der Waals surface area contributed by atoms with E-state index in [4.69, 9.17) is 21.1 Å². The molecule has 1 unspecified atom stereocenters. The van der Waals surface area contributed by atoms with Gasteiger partial charge in [-0.05, 0) is 31.0 Å². The average molecular weight is 269 g/mol. The van der Waals surface area contributed by atoms with Crippen LogP contribution in [0.5, 0.6) is 5.75 Å². The first-order valence-electron chi connectivity index (χ1n) is 5.88. The van der Waals surface area contributed by atoms with Crippen LogP contribution in [0.1, 0.15) is 18.4 Å². The lowest BCUT2D eigenvalue weighted by atomic mass is 10.2. The van der Waals surface area contributed by atoms with E-state index in [9.17, 15) is 4.39 Å². The number of hydrogen-bond donors (Lipinski definition) is 0. The summed E-state index contributed by atoms with van der Waals surface area (Å²) < 4.78 is 24.4. The van der Waals surface area contributed by atoms with Crippen molar-refractivity contribution in [1.29, 1.82) is 0 Å². The zero-order chi connectivity index (χ0) is 12.8. The van der Waals surface area contributed by atoms with E-state index < -0.39 is 0 Å². The van der Waals surface area contributed by atoms with Crippen LogP contribution in [-0.4, -0.2) is 25.2 Å². The Bertz CT molecular complexity index is 459. The van der Waals surface area contributed by atoms with E-state index in [0.29, 0.717) is 12.2 Å². The zero-order valence-corrected chi connectivity index (χ0v) is 10.7. The molecule has 2 nitrogen and oxygen atoms in total. The van der Waals surface area contributed by atoms with Crippen LogP contribution in [0, 0.1) is 17.7 Å². The Morgan fingerprint density at radius 3 is 3.11 bits per heavy atom. The number of hydrogen-bond acceptors (Lipinski definition) is 2. The largest absolute Gasteiger partial charge is 0.488 e. The van der Waals surface area contributed by atoms with Gasteiger partial charge in [-0.2, -0.15) is 0 Å². The van der Waals surface area contributed by atoms with Crippen LogP contribution in [-0.2, 0) is 4.74 Å². The first kappa shape index (κ1) is 13.2. The van der Waals surface area contributed by atoms with Gasteiger partial charge in [0.25, 0.3) is 0 Å². The maximum Gasteiger partial charge on any atom is 0.165 e. The first-order valence-corrected chi connectivity index (χ1v) is 6.42. The number of alkyl halides is 1. The van der Waals surface area contributed by atoms with Crippen molar-refractivity contribution in [3.05, 3.63) is 29.6 Å². The van der Waals surface area contributed by atoms with Crippen molar-refractivity contribution in [1.82, 2.24) is 0 Å². The summed E-state index contributed by atoms with van der Waals surface area (Å²) in [6, 6.07) is 4.54. The topological polar surface area (TPSA) is 18.5 Å². The molecule has 0 spiro atoms. The van der Waals surface area contributed by atoms with E-state index in [1.54, 1.807) is 12.1 Å². The molecule has 1 heterocycles. The van der Waals surface area contributed by atoms with Gasteiger partial charge in [0.2, 0.25) is 0 Å². The van der Waals surface area contributed by atoms with Crippen LogP contribution in [0.15, 0.2) is 18.2 Å². The van der Waals surface area contributed by atoms with Gasteiger partial charge < -0.3 is 9.47 Å². The lowest BCUT2D eigenvalue weighted by Gasteiger charge is -2.12. The Kier molecular flexibility index (Phi) is 4.86. The second kappa shape index (κ2) is 6.63. The Balaban J connectivity index is 2.01. The van der Waals surface area contributed by atoms with Gasteiger partial charge in [-0.25, -0.2) is 4.39 Å². The van der Waals surface area contributed by atoms with Crippen LogP contribution >= 0.6 is 11.6 Å². The summed E-state index contributed by atoms with van der Waals surface area (Å²) in [7, 11) is 0. The molecule has 18 heavy (non-hydrogen) atoms. The van der Waals surface area contributed by atoms with Crippen molar-refractivity contribution in [2.24, 2.45) is 0 Å². The minimum Gasteiger partial charge on any atom is -0.488 e.